The number of benzene rings is 1. The van der Waals surface area contributed by atoms with Crippen molar-refractivity contribution in [2.45, 2.75) is 40.0 Å². The molecule has 0 radical (unpaired) electrons. The van der Waals surface area contributed by atoms with Crippen LogP contribution in [-0.2, 0) is 16.0 Å². The van der Waals surface area contributed by atoms with Crippen LogP contribution in [0.1, 0.15) is 39.3 Å². The Hall–Kier alpha value is -2.94. The Balaban J connectivity index is 2.27. The minimum Gasteiger partial charge on any atom is -0.464 e. The molecule has 4 N–H and O–H groups in total. The van der Waals surface area contributed by atoms with Gasteiger partial charge in [0, 0.05) is 18.5 Å². The molecule has 0 aliphatic rings. The number of aromatic nitrogens is 2. The van der Waals surface area contributed by atoms with Gasteiger partial charge >= 0.3 is 5.97 Å². The fraction of sp³-hybridized carbons (Fsp3) is 0.450. The Morgan fingerprint density at radius 3 is 2.63 bits per heavy atom. The Morgan fingerprint density at radius 1 is 1.20 bits per heavy atom. The zero-order valence-electron chi connectivity index (χ0n) is 17.6. The van der Waals surface area contributed by atoms with Crippen LogP contribution >= 0.6 is 11.6 Å². The lowest BCUT2D eigenvalue weighted by atomic mass is 10.0. The maximum absolute atomic E-state index is 11.3. The SMILES string of the molecule is CCCN(CCOC(=O)CC)N=Nc1cc(-c2c(N)nc(N)nc2CC)ccc1Cl. The van der Waals surface area contributed by atoms with Crippen LogP contribution in [0.4, 0.5) is 17.5 Å². The topological polar surface area (TPSA) is 132 Å². The summed E-state index contributed by atoms with van der Waals surface area (Å²) in [6.07, 6.45) is 1.86. The summed E-state index contributed by atoms with van der Waals surface area (Å²) in [5.41, 5.74) is 14.5. The number of hydrogen-bond donors (Lipinski definition) is 2. The first-order valence-corrected chi connectivity index (χ1v) is 10.3. The molecule has 0 amide bonds. The molecule has 0 saturated heterocycles. The zero-order valence-corrected chi connectivity index (χ0v) is 18.3. The molecule has 0 saturated carbocycles. The van der Waals surface area contributed by atoms with Crippen LogP contribution in [0, 0.1) is 0 Å². The van der Waals surface area contributed by atoms with Crippen molar-refractivity contribution in [1.29, 1.82) is 0 Å². The fourth-order valence-electron chi connectivity index (χ4n) is 2.80. The van der Waals surface area contributed by atoms with Gasteiger partial charge in [-0.3, -0.25) is 9.80 Å². The van der Waals surface area contributed by atoms with Gasteiger partial charge in [-0.15, -0.1) is 5.11 Å². The smallest absolute Gasteiger partial charge is 0.305 e. The van der Waals surface area contributed by atoms with Crippen LogP contribution in [-0.4, -0.2) is 40.6 Å². The molecule has 0 unspecified atom stereocenters. The quantitative estimate of drug-likeness (QED) is 0.326. The monoisotopic (exact) mass is 433 g/mol. The molecule has 2 rings (SSSR count). The molecule has 9 nitrogen and oxygen atoms in total. The van der Waals surface area contributed by atoms with Crippen LogP contribution in [0.15, 0.2) is 28.5 Å². The maximum atomic E-state index is 11.3. The van der Waals surface area contributed by atoms with E-state index in [9.17, 15) is 4.79 Å². The lowest BCUT2D eigenvalue weighted by Gasteiger charge is -2.16. The van der Waals surface area contributed by atoms with E-state index in [0.29, 0.717) is 48.0 Å². The molecule has 1 aromatic carbocycles. The van der Waals surface area contributed by atoms with Crippen LogP contribution in [0.2, 0.25) is 5.02 Å². The number of hydrogen-bond acceptors (Lipinski definition) is 8. The molecule has 1 heterocycles. The second-order valence-electron chi connectivity index (χ2n) is 6.53. The number of esters is 1. The second kappa shape index (κ2) is 11.3. The number of carbonyl (C=O) groups is 1. The van der Waals surface area contributed by atoms with Gasteiger partial charge in [-0.05, 0) is 30.5 Å². The predicted molar refractivity (Wildman–Crippen MR) is 118 cm³/mol. The van der Waals surface area contributed by atoms with Crippen LogP contribution in [0.5, 0.6) is 0 Å². The van der Waals surface area contributed by atoms with Gasteiger partial charge in [0.2, 0.25) is 5.95 Å². The second-order valence-corrected chi connectivity index (χ2v) is 6.93. The molecule has 30 heavy (non-hydrogen) atoms. The third kappa shape index (κ3) is 6.28. The highest BCUT2D eigenvalue weighted by atomic mass is 35.5. The lowest BCUT2D eigenvalue weighted by Crippen LogP contribution is -2.23. The maximum Gasteiger partial charge on any atom is 0.305 e. The van der Waals surface area contributed by atoms with Gasteiger partial charge in [-0.1, -0.05) is 43.7 Å². The molecule has 0 bridgehead atoms. The number of ether oxygens (including phenoxy) is 1. The highest BCUT2D eigenvalue weighted by Crippen LogP contribution is 2.35. The van der Waals surface area contributed by atoms with Crippen molar-refractivity contribution in [2.24, 2.45) is 10.3 Å². The Kier molecular flexibility index (Phi) is 8.79. The van der Waals surface area contributed by atoms with Gasteiger partial charge in [-0.25, -0.2) is 4.98 Å². The molecule has 0 fully saturated rings. The summed E-state index contributed by atoms with van der Waals surface area (Å²) >= 11 is 6.32. The molecular formula is C20H28ClN7O2. The third-order valence-electron chi connectivity index (χ3n) is 4.26. The van der Waals surface area contributed by atoms with Crippen molar-refractivity contribution in [3.63, 3.8) is 0 Å². The first-order chi connectivity index (χ1) is 14.4. The predicted octanol–water partition coefficient (Wildman–Crippen LogP) is 4.19. The van der Waals surface area contributed by atoms with E-state index in [-0.39, 0.29) is 18.5 Å². The van der Waals surface area contributed by atoms with E-state index < -0.39 is 0 Å². The minimum absolute atomic E-state index is 0.140. The number of rotatable bonds is 10. The normalized spacial score (nSPS) is 11.1. The molecule has 0 aliphatic carbocycles. The Labute approximate surface area is 181 Å². The molecule has 0 spiro atoms. The van der Waals surface area contributed by atoms with Gasteiger partial charge < -0.3 is 16.2 Å². The summed E-state index contributed by atoms with van der Waals surface area (Å²) in [6, 6.07) is 5.35. The largest absolute Gasteiger partial charge is 0.464 e. The van der Waals surface area contributed by atoms with E-state index in [4.69, 9.17) is 27.8 Å². The first kappa shape index (κ1) is 23.3. The average molecular weight is 434 g/mol. The van der Waals surface area contributed by atoms with E-state index in [0.717, 1.165) is 17.7 Å². The average Bonchev–Trinajstić information content (AvgIpc) is 2.72. The molecule has 2 aromatic rings. The van der Waals surface area contributed by atoms with Crippen molar-refractivity contribution in [2.75, 3.05) is 31.2 Å². The summed E-state index contributed by atoms with van der Waals surface area (Å²) in [5, 5.41) is 10.8. The molecular weight excluding hydrogens is 406 g/mol. The highest BCUT2D eigenvalue weighted by molar-refractivity contribution is 6.33. The van der Waals surface area contributed by atoms with E-state index in [1.165, 1.54) is 0 Å². The number of carbonyl (C=O) groups excluding carboxylic acids is 1. The van der Waals surface area contributed by atoms with E-state index in [2.05, 4.69) is 20.3 Å². The summed E-state index contributed by atoms with van der Waals surface area (Å²) in [4.78, 5) is 19.7. The van der Waals surface area contributed by atoms with Gasteiger partial charge in [0.1, 0.15) is 18.1 Å². The van der Waals surface area contributed by atoms with Gasteiger partial charge in [0.05, 0.1) is 17.3 Å². The van der Waals surface area contributed by atoms with Crippen molar-refractivity contribution >= 4 is 35.0 Å². The standard InChI is InChI=1S/C20H28ClN7O2/c1-4-9-28(10-11-30-17(29)6-3)27-26-16-12-13(7-8-14(16)21)18-15(5-2)24-20(23)25-19(18)22/h7-8,12H,4-6,9-11H2,1-3H3,(H4,22,23,24,25). The van der Waals surface area contributed by atoms with E-state index >= 15 is 0 Å². The number of anilines is 2. The summed E-state index contributed by atoms with van der Waals surface area (Å²) in [6.45, 7) is 7.12. The zero-order chi connectivity index (χ0) is 22.1. The van der Waals surface area contributed by atoms with Crippen LogP contribution in [0.25, 0.3) is 11.1 Å². The highest BCUT2D eigenvalue weighted by Gasteiger charge is 2.14. The number of nitrogens with two attached hydrogens (primary N) is 2. The summed E-state index contributed by atoms with van der Waals surface area (Å²) in [7, 11) is 0. The number of nitrogen functional groups attached to an aromatic ring is 2. The lowest BCUT2D eigenvalue weighted by molar-refractivity contribution is -0.143. The summed E-state index contributed by atoms with van der Waals surface area (Å²) in [5.74, 6) is 0.199. The van der Waals surface area contributed by atoms with E-state index in [1.807, 2.05) is 19.9 Å². The fourth-order valence-corrected chi connectivity index (χ4v) is 2.95. The van der Waals surface area contributed by atoms with Crippen molar-refractivity contribution in [1.82, 2.24) is 15.0 Å². The first-order valence-electron chi connectivity index (χ1n) is 9.93. The number of aryl methyl sites for hydroxylation is 1. The van der Waals surface area contributed by atoms with Crippen molar-refractivity contribution in [3.8, 4) is 11.1 Å². The van der Waals surface area contributed by atoms with Crippen LogP contribution in [0.3, 0.4) is 0 Å². The number of halogens is 1. The minimum atomic E-state index is -0.242. The van der Waals surface area contributed by atoms with Gasteiger partial charge in [-0.2, -0.15) is 4.98 Å². The van der Waals surface area contributed by atoms with Crippen molar-refractivity contribution in [3.05, 3.63) is 28.9 Å². The van der Waals surface area contributed by atoms with E-state index in [1.54, 1.807) is 24.1 Å². The Morgan fingerprint density at radius 2 is 1.97 bits per heavy atom. The molecule has 10 heteroatoms. The molecule has 0 aliphatic heterocycles. The van der Waals surface area contributed by atoms with Gasteiger partial charge in [0.15, 0.2) is 0 Å². The Bertz CT molecular complexity index is 905. The molecule has 162 valence electrons. The molecule has 1 aromatic heterocycles. The number of nitrogens with zero attached hydrogens (tertiary/aromatic N) is 5. The van der Waals surface area contributed by atoms with Crippen molar-refractivity contribution < 1.29 is 9.53 Å². The van der Waals surface area contributed by atoms with Gasteiger partial charge in [0.25, 0.3) is 0 Å². The summed E-state index contributed by atoms with van der Waals surface area (Å²) < 4.78 is 5.12. The third-order valence-corrected chi connectivity index (χ3v) is 4.58. The molecule has 0 atom stereocenters. The van der Waals surface area contributed by atoms with Crippen LogP contribution < -0.4 is 11.5 Å².